The minimum absolute atomic E-state index is 0.300. The maximum absolute atomic E-state index is 12.7. The summed E-state index contributed by atoms with van der Waals surface area (Å²) in [5, 5.41) is 20.8. The monoisotopic (exact) mass is 406 g/mol. The number of nitrogens with zero attached hydrogens (tertiary/aromatic N) is 4. The molecule has 0 saturated carbocycles. The number of nitrogens with one attached hydrogen (secondary N) is 2. The van der Waals surface area contributed by atoms with Crippen LogP contribution in [0.3, 0.4) is 0 Å². The molecular formula is C24H18N6O. The zero-order valence-corrected chi connectivity index (χ0v) is 16.4. The van der Waals surface area contributed by atoms with E-state index in [2.05, 4.69) is 20.9 Å². The minimum atomic E-state index is -0.636. The second kappa shape index (κ2) is 9.20. The zero-order chi connectivity index (χ0) is 21.5. The molecule has 0 aliphatic heterocycles. The standard InChI is InChI=1S/C24H18N6O/c25-17-22(28-27-19-12-6-2-7-13-19)24(31)26-23-16-21(18-10-4-1-5-11-18)29-30(23)20-14-8-3-9-15-20/h1-16,27H,(H,26,31)/b28-22+. The van der Waals surface area contributed by atoms with Crippen LogP contribution in [0.25, 0.3) is 16.9 Å². The average Bonchev–Trinajstić information content (AvgIpc) is 3.25. The Morgan fingerprint density at radius 2 is 1.52 bits per heavy atom. The Hall–Kier alpha value is -4.70. The van der Waals surface area contributed by atoms with Gasteiger partial charge in [-0.15, -0.1) is 0 Å². The molecule has 0 unspecified atom stereocenters. The highest BCUT2D eigenvalue weighted by molar-refractivity contribution is 6.48. The molecule has 0 aliphatic carbocycles. The maximum atomic E-state index is 12.7. The second-order valence-electron chi connectivity index (χ2n) is 6.53. The van der Waals surface area contributed by atoms with Crippen molar-refractivity contribution < 1.29 is 4.79 Å². The molecule has 7 nitrogen and oxygen atoms in total. The van der Waals surface area contributed by atoms with E-state index in [-0.39, 0.29) is 5.71 Å². The van der Waals surface area contributed by atoms with Crippen LogP contribution in [-0.4, -0.2) is 21.4 Å². The van der Waals surface area contributed by atoms with E-state index in [1.54, 1.807) is 22.9 Å². The number of carbonyl (C=O) groups is 1. The first-order valence-electron chi connectivity index (χ1n) is 9.56. The Kier molecular flexibility index (Phi) is 5.82. The summed E-state index contributed by atoms with van der Waals surface area (Å²) in [7, 11) is 0. The van der Waals surface area contributed by atoms with E-state index in [0.29, 0.717) is 17.2 Å². The van der Waals surface area contributed by atoms with Gasteiger partial charge in [-0.05, 0) is 24.3 Å². The fourth-order valence-corrected chi connectivity index (χ4v) is 2.92. The number of amides is 1. The van der Waals surface area contributed by atoms with Gasteiger partial charge in [0.05, 0.1) is 17.1 Å². The topological polar surface area (TPSA) is 95.1 Å². The van der Waals surface area contributed by atoms with Gasteiger partial charge < -0.3 is 5.32 Å². The van der Waals surface area contributed by atoms with Crippen LogP contribution >= 0.6 is 0 Å². The summed E-state index contributed by atoms with van der Waals surface area (Å²) >= 11 is 0. The quantitative estimate of drug-likeness (QED) is 0.365. The van der Waals surface area contributed by atoms with Crippen LogP contribution in [0.4, 0.5) is 11.5 Å². The molecular weight excluding hydrogens is 388 g/mol. The fraction of sp³-hybridized carbons (Fsp3) is 0. The molecule has 0 aliphatic rings. The molecule has 3 aromatic carbocycles. The van der Waals surface area contributed by atoms with Crippen molar-refractivity contribution in [3.05, 3.63) is 97.1 Å². The number of para-hydroxylation sites is 2. The lowest BCUT2D eigenvalue weighted by Crippen LogP contribution is -2.24. The molecule has 0 radical (unpaired) electrons. The lowest BCUT2D eigenvalue weighted by molar-refractivity contribution is -0.110. The second-order valence-corrected chi connectivity index (χ2v) is 6.53. The van der Waals surface area contributed by atoms with Gasteiger partial charge in [-0.1, -0.05) is 66.7 Å². The number of anilines is 2. The molecule has 31 heavy (non-hydrogen) atoms. The number of nitriles is 1. The summed E-state index contributed by atoms with van der Waals surface area (Å²) in [5.74, 6) is -0.208. The van der Waals surface area contributed by atoms with Crippen LogP contribution in [0, 0.1) is 11.3 Å². The first kappa shape index (κ1) is 19.6. The van der Waals surface area contributed by atoms with Crippen LogP contribution in [-0.2, 0) is 4.79 Å². The number of aromatic nitrogens is 2. The summed E-state index contributed by atoms with van der Waals surface area (Å²) in [4.78, 5) is 12.7. The molecule has 1 heterocycles. The highest BCUT2D eigenvalue weighted by Crippen LogP contribution is 2.24. The van der Waals surface area contributed by atoms with Crippen LogP contribution in [0.5, 0.6) is 0 Å². The lowest BCUT2D eigenvalue weighted by atomic mass is 10.1. The summed E-state index contributed by atoms with van der Waals surface area (Å²) in [5.41, 5.74) is 5.47. The molecule has 4 rings (SSSR count). The van der Waals surface area contributed by atoms with Crippen molar-refractivity contribution in [2.75, 3.05) is 10.7 Å². The van der Waals surface area contributed by atoms with Crippen LogP contribution in [0.1, 0.15) is 0 Å². The first-order valence-corrected chi connectivity index (χ1v) is 9.56. The number of hydrogen-bond acceptors (Lipinski definition) is 5. The molecule has 2 N–H and O–H groups in total. The van der Waals surface area contributed by atoms with E-state index >= 15 is 0 Å². The molecule has 7 heteroatoms. The number of hydrazone groups is 1. The van der Waals surface area contributed by atoms with Gasteiger partial charge in [0.15, 0.2) is 0 Å². The number of benzene rings is 3. The third kappa shape index (κ3) is 4.66. The highest BCUT2D eigenvalue weighted by atomic mass is 16.2. The molecule has 1 aromatic heterocycles. The van der Waals surface area contributed by atoms with Gasteiger partial charge in [0.2, 0.25) is 5.71 Å². The Balaban J connectivity index is 1.64. The normalized spacial score (nSPS) is 10.9. The first-order chi connectivity index (χ1) is 15.2. The third-order valence-corrected chi connectivity index (χ3v) is 4.41. The number of hydrogen-bond donors (Lipinski definition) is 2. The summed E-state index contributed by atoms with van der Waals surface area (Å²) in [6, 6.07) is 31.8. The molecule has 150 valence electrons. The van der Waals surface area contributed by atoms with Crippen LogP contribution in [0.15, 0.2) is 102 Å². The van der Waals surface area contributed by atoms with Gasteiger partial charge in [0.1, 0.15) is 11.9 Å². The Morgan fingerprint density at radius 3 is 2.16 bits per heavy atom. The zero-order valence-electron chi connectivity index (χ0n) is 16.4. The SMILES string of the molecule is N#C/C(=N\Nc1ccccc1)C(=O)Nc1cc(-c2ccccc2)nn1-c1ccccc1. The molecule has 4 aromatic rings. The number of rotatable bonds is 6. The smallest absolute Gasteiger partial charge is 0.288 e. The Morgan fingerprint density at radius 1 is 0.903 bits per heavy atom. The molecule has 0 bridgehead atoms. The van der Waals surface area contributed by atoms with Gasteiger partial charge in [0.25, 0.3) is 5.91 Å². The number of carbonyl (C=O) groups excluding carboxylic acids is 1. The van der Waals surface area contributed by atoms with Gasteiger partial charge in [-0.25, -0.2) is 4.68 Å². The third-order valence-electron chi connectivity index (χ3n) is 4.41. The van der Waals surface area contributed by atoms with Gasteiger partial charge in [-0.3, -0.25) is 10.2 Å². The van der Waals surface area contributed by atoms with E-state index in [1.807, 2.05) is 84.9 Å². The predicted octanol–water partition coefficient (Wildman–Crippen LogP) is 4.47. The predicted molar refractivity (Wildman–Crippen MR) is 121 cm³/mol. The van der Waals surface area contributed by atoms with Crippen LogP contribution in [0.2, 0.25) is 0 Å². The summed E-state index contributed by atoms with van der Waals surface area (Å²) in [6.07, 6.45) is 0. The maximum Gasteiger partial charge on any atom is 0.288 e. The molecule has 0 saturated heterocycles. The van der Waals surface area contributed by atoms with E-state index in [0.717, 1.165) is 11.3 Å². The van der Waals surface area contributed by atoms with Crippen molar-refractivity contribution >= 4 is 23.1 Å². The van der Waals surface area contributed by atoms with Crippen molar-refractivity contribution in [2.24, 2.45) is 5.10 Å². The fourth-order valence-electron chi connectivity index (χ4n) is 2.92. The van der Waals surface area contributed by atoms with Gasteiger partial charge >= 0.3 is 0 Å². The highest BCUT2D eigenvalue weighted by Gasteiger charge is 2.17. The summed E-state index contributed by atoms with van der Waals surface area (Å²) in [6.45, 7) is 0. The van der Waals surface area contributed by atoms with E-state index < -0.39 is 5.91 Å². The van der Waals surface area contributed by atoms with Crippen molar-refractivity contribution in [1.82, 2.24) is 9.78 Å². The largest absolute Gasteiger partial charge is 0.304 e. The minimum Gasteiger partial charge on any atom is -0.304 e. The Bertz CT molecular complexity index is 1240. The van der Waals surface area contributed by atoms with E-state index in [1.165, 1.54) is 0 Å². The molecule has 0 fully saturated rings. The van der Waals surface area contributed by atoms with Gasteiger partial charge in [-0.2, -0.15) is 15.5 Å². The lowest BCUT2D eigenvalue weighted by Gasteiger charge is -2.08. The molecule has 0 atom stereocenters. The van der Waals surface area contributed by atoms with Crippen molar-refractivity contribution in [1.29, 1.82) is 5.26 Å². The molecule has 0 spiro atoms. The van der Waals surface area contributed by atoms with Crippen molar-refractivity contribution in [3.63, 3.8) is 0 Å². The Labute approximate surface area is 179 Å². The van der Waals surface area contributed by atoms with Gasteiger partial charge in [0, 0.05) is 11.6 Å². The summed E-state index contributed by atoms with van der Waals surface area (Å²) < 4.78 is 1.62. The van der Waals surface area contributed by atoms with Crippen molar-refractivity contribution in [2.45, 2.75) is 0 Å². The molecule has 1 amide bonds. The average molecular weight is 406 g/mol. The van der Waals surface area contributed by atoms with Crippen molar-refractivity contribution in [3.8, 4) is 23.0 Å². The van der Waals surface area contributed by atoms with E-state index in [9.17, 15) is 10.1 Å². The van der Waals surface area contributed by atoms with E-state index in [4.69, 9.17) is 0 Å². The van der Waals surface area contributed by atoms with Crippen LogP contribution < -0.4 is 10.7 Å².